The second-order valence-corrected chi connectivity index (χ2v) is 11.4. The van der Waals surface area contributed by atoms with E-state index in [0.717, 1.165) is 32.1 Å². The fraction of sp³-hybridized carbons (Fsp3) is 0.536. The van der Waals surface area contributed by atoms with E-state index in [-0.39, 0.29) is 41.0 Å². The van der Waals surface area contributed by atoms with E-state index >= 15 is 4.39 Å². The number of rotatable bonds is 7. The number of phenols is 1. The zero-order chi connectivity index (χ0) is 27.4. The molecule has 3 aliphatic rings. The van der Waals surface area contributed by atoms with Gasteiger partial charge in [-0.25, -0.2) is 19.3 Å². The van der Waals surface area contributed by atoms with Gasteiger partial charge in [-0.05, 0) is 64.5 Å². The van der Waals surface area contributed by atoms with E-state index in [2.05, 4.69) is 42.3 Å². The number of benzene rings is 1. The molecule has 2 aromatic heterocycles. The number of ether oxygens (including phenoxy) is 2. The van der Waals surface area contributed by atoms with E-state index in [9.17, 15) is 5.11 Å². The zero-order valence-corrected chi connectivity index (χ0v) is 22.7. The van der Waals surface area contributed by atoms with E-state index in [1.807, 2.05) is 6.92 Å². The summed E-state index contributed by atoms with van der Waals surface area (Å²) in [6, 6.07) is 5.04. The average molecular weight is 536 g/mol. The lowest BCUT2D eigenvalue weighted by Crippen LogP contribution is -2.73. The van der Waals surface area contributed by atoms with E-state index in [1.165, 1.54) is 14.2 Å². The number of hydrogen-bond acceptors (Lipinski definition) is 10. The minimum atomic E-state index is -1.02. The smallest absolute Gasteiger partial charge is 0.278 e. The van der Waals surface area contributed by atoms with Crippen LogP contribution in [0.5, 0.6) is 17.5 Å². The maximum Gasteiger partial charge on any atom is 0.278 e. The van der Waals surface area contributed by atoms with Gasteiger partial charge in [0.25, 0.3) is 11.8 Å². The van der Waals surface area contributed by atoms with E-state index in [1.54, 1.807) is 30.6 Å². The molecule has 10 nitrogen and oxygen atoms in total. The van der Waals surface area contributed by atoms with Crippen molar-refractivity contribution >= 4 is 5.82 Å². The molecular formula is C28H34FN7O3. The molecule has 39 heavy (non-hydrogen) atoms. The Bertz CT molecular complexity index is 1370. The average Bonchev–Trinajstić information content (AvgIpc) is 3.77. The first kappa shape index (κ1) is 25.7. The van der Waals surface area contributed by atoms with Crippen LogP contribution < -0.4 is 19.7 Å². The van der Waals surface area contributed by atoms with Crippen LogP contribution in [0.15, 0.2) is 30.6 Å². The SMILES string of the molecule is COc1ncc(-c2ccc(-c3ncc(N(C4CC4)[C@@H]4C[C@@]5(C)CCC[C@](C)(N5)[C@@H]4F)nn3)c(O)c2)nc1OC. The van der Waals surface area contributed by atoms with Crippen molar-refractivity contribution in [1.29, 1.82) is 0 Å². The summed E-state index contributed by atoms with van der Waals surface area (Å²) in [6.07, 6.45) is 7.81. The predicted molar refractivity (Wildman–Crippen MR) is 144 cm³/mol. The maximum atomic E-state index is 16.0. The highest BCUT2D eigenvalue weighted by molar-refractivity contribution is 5.71. The summed E-state index contributed by atoms with van der Waals surface area (Å²) < 4.78 is 26.4. The molecule has 2 aliphatic heterocycles. The van der Waals surface area contributed by atoms with Crippen molar-refractivity contribution in [3.8, 4) is 40.2 Å². The van der Waals surface area contributed by atoms with E-state index < -0.39 is 11.7 Å². The second-order valence-electron chi connectivity index (χ2n) is 11.4. The summed E-state index contributed by atoms with van der Waals surface area (Å²) in [5.41, 5.74) is 0.944. The number of halogens is 1. The first-order chi connectivity index (χ1) is 18.7. The van der Waals surface area contributed by atoms with Gasteiger partial charge < -0.3 is 24.8 Å². The fourth-order valence-electron chi connectivity index (χ4n) is 6.39. The third-order valence-electron chi connectivity index (χ3n) is 8.36. The number of nitrogens with one attached hydrogen (secondary N) is 1. The van der Waals surface area contributed by atoms with Gasteiger partial charge in [0.2, 0.25) is 0 Å². The van der Waals surface area contributed by atoms with Crippen LogP contribution in [0.4, 0.5) is 10.2 Å². The number of alkyl halides is 1. The van der Waals surface area contributed by atoms with Crippen LogP contribution in [-0.4, -0.2) is 73.8 Å². The molecule has 0 radical (unpaired) electrons. The van der Waals surface area contributed by atoms with Crippen molar-refractivity contribution in [2.45, 2.75) is 81.7 Å². The number of aromatic hydroxyl groups is 1. The number of aromatic nitrogens is 5. The number of phenolic OH excluding ortho intramolecular Hbond substituents is 1. The van der Waals surface area contributed by atoms with Crippen LogP contribution in [0.1, 0.15) is 52.4 Å². The molecule has 2 saturated heterocycles. The third kappa shape index (κ3) is 4.62. The van der Waals surface area contributed by atoms with Crippen molar-refractivity contribution in [3.05, 3.63) is 30.6 Å². The lowest BCUT2D eigenvalue weighted by molar-refractivity contribution is 0.000258. The number of piperidine rings is 2. The highest BCUT2D eigenvalue weighted by Crippen LogP contribution is 2.46. The van der Waals surface area contributed by atoms with Crippen LogP contribution in [0.2, 0.25) is 0 Å². The number of anilines is 1. The summed E-state index contributed by atoms with van der Waals surface area (Å²) in [5.74, 6) is 1.37. The predicted octanol–water partition coefficient (Wildman–Crippen LogP) is 4.09. The standard InChI is InChI=1S/C28H34FN7O3/c1-27-10-5-11-28(2,35-27)23(29)20(13-27)36(17-7-8-17)22-15-30-24(34-33-22)18-9-6-16(12-21(18)37)19-14-31-25(38-3)26(32-19)39-4/h6,9,12,14-15,17,20,23,35,37H,5,7-8,10-11,13H2,1-4H3/t20-,23-,27-,28+/m1/s1. The summed E-state index contributed by atoms with van der Waals surface area (Å²) in [4.78, 5) is 15.3. The molecular weight excluding hydrogens is 501 g/mol. The molecule has 4 heterocycles. The minimum Gasteiger partial charge on any atom is -0.507 e. The van der Waals surface area contributed by atoms with E-state index in [4.69, 9.17) is 9.47 Å². The summed E-state index contributed by atoms with van der Waals surface area (Å²) in [7, 11) is 2.98. The van der Waals surface area contributed by atoms with Crippen molar-refractivity contribution in [2.75, 3.05) is 19.1 Å². The minimum absolute atomic E-state index is 0.0199. The van der Waals surface area contributed by atoms with Crippen molar-refractivity contribution in [3.63, 3.8) is 0 Å². The maximum absolute atomic E-state index is 16.0. The van der Waals surface area contributed by atoms with Gasteiger partial charge in [-0.2, -0.15) is 0 Å². The molecule has 3 aromatic rings. The zero-order valence-electron chi connectivity index (χ0n) is 22.7. The first-order valence-corrected chi connectivity index (χ1v) is 13.4. The van der Waals surface area contributed by atoms with Crippen molar-refractivity contribution < 1.29 is 19.0 Å². The van der Waals surface area contributed by atoms with E-state index in [0.29, 0.717) is 29.1 Å². The van der Waals surface area contributed by atoms with Crippen LogP contribution in [0, 0.1) is 0 Å². The molecule has 3 fully saturated rings. The molecule has 1 aromatic carbocycles. The molecule has 6 rings (SSSR count). The molecule has 0 unspecified atom stereocenters. The van der Waals surface area contributed by atoms with Gasteiger partial charge in [-0.3, -0.25) is 0 Å². The summed E-state index contributed by atoms with van der Waals surface area (Å²) in [6.45, 7) is 4.22. The van der Waals surface area contributed by atoms with Crippen LogP contribution in [0.25, 0.3) is 22.6 Å². The van der Waals surface area contributed by atoms with Gasteiger partial charge in [0.1, 0.15) is 11.9 Å². The molecule has 2 bridgehead atoms. The Labute approximate surface area is 227 Å². The van der Waals surface area contributed by atoms with Gasteiger partial charge >= 0.3 is 0 Å². The number of hydrogen-bond donors (Lipinski definition) is 2. The molecule has 1 aliphatic carbocycles. The fourth-order valence-corrected chi connectivity index (χ4v) is 6.39. The van der Waals surface area contributed by atoms with Gasteiger partial charge in [0, 0.05) is 22.7 Å². The second kappa shape index (κ2) is 9.55. The molecule has 4 atom stereocenters. The Kier molecular flexibility index (Phi) is 6.28. The van der Waals surface area contributed by atoms with Crippen LogP contribution in [-0.2, 0) is 0 Å². The lowest BCUT2D eigenvalue weighted by atomic mass is 9.68. The first-order valence-electron chi connectivity index (χ1n) is 13.4. The van der Waals surface area contributed by atoms with Gasteiger partial charge in [-0.1, -0.05) is 6.07 Å². The summed E-state index contributed by atoms with van der Waals surface area (Å²) in [5, 5.41) is 23.3. The topological polar surface area (TPSA) is 118 Å². The molecule has 1 saturated carbocycles. The highest BCUT2D eigenvalue weighted by atomic mass is 19.1. The Morgan fingerprint density at radius 1 is 1.05 bits per heavy atom. The van der Waals surface area contributed by atoms with Gasteiger partial charge in [-0.15, -0.1) is 10.2 Å². The normalized spacial score (nSPS) is 28.1. The molecule has 0 amide bonds. The molecule has 206 valence electrons. The highest BCUT2D eigenvalue weighted by Gasteiger charge is 2.55. The Hall–Kier alpha value is -3.60. The number of methoxy groups -OCH3 is 2. The van der Waals surface area contributed by atoms with Crippen LogP contribution >= 0.6 is 0 Å². The number of fused-ring (bicyclic) bond motifs is 2. The van der Waals surface area contributed by atoms with Gasteiger partial charge in [0.05, 0.1) is 43.9 Å². The Morgan fingerprint density at radius 2 is 1.85 bits per heavy atom. The Balaban J connectivity index is 1.26. The van der Waals surface area contributed by atoms with Crippen LogP contribution in [0.3, 0.4) is 0 Å². The third-order valence-corrected chi connectivity index (χ3v) is 8.36. The molecule has 11 heteroatoms. The largest absolute Gasteiger partial charge is 0.507 e. The number of nitrogens with zero attached hydrogens (tertiary/aromatic N) is 6. The molecule has 0 spiro atoms. The Morgan fingerprint density at radius 3 is 2.51 bits per heavy atom. The van der Waals surface area contributed by atoms with Gasteiger partial charge in [0.15, 0.2) is 11.6 Å². The summed E-state index contributed by atoms with van der Waals surface area (Å²) >= 11 is 0. The van der Waals surface area contributed by atoms with Crippen molar-refractivity contribution in [1.82, 2.24) is 30.5 Å². The van der Waals surface area contributed by atoms with Crippen molar-refractivity contribution in [2.24, 2.45) is 0 Å². The monoisotopic (exact) mass is 535 g/mol. The quantitative estimate of drug-likeness (QED) is 0.458. The molecule has 2 N–H and O–H groups in total. The lowest BCUT2D eigenvalue weighted by Gasteiger charge is -2.57.